The first-order chi connectivity index (χ1) is 11.3. The molecule has 0 aliphatic carbocycles. The molecular formula is C15H11Cl4IN2O2. The van der Waals surface area contributed by atoms with Crippen LogP contribution in [0.4, 0.5) is 0 Å². The van der Waals surface area contributed by atoms with Crippen molar-refractivity contribution in [2.75, 3.05) is 0 Å². The Morgan fingerprint density at radius 3 is 2.58 bits per heavy atom. The number of hydrogen-bond donors (Lipinski definition) is 0. The SMILES string of the molecule is CCc1nc(Cl)c(I)c(Cl)c1OC(=O)CCc1c(Cl)ccnc1Cl. The van der Waals surface area contributed by atoms with Crippen molar-refractivity contribution in [3.63, 3.8) is 0 Å². The van der Waals surface area contributed by atoms with Crippen LogP contribution in [0, 0.1) is 3.57 Å². The first-order valence-electron chi connectivity index (χ1n) is 6.88. The third kappa shape index (κ3) is 4.64. The van der Waals surface area contributed by atoms with E-state index in [1.807, 2.05) is 29.5 Å². The lowest BCUT2D eigenvalue weighted by Gasteiger charge is -2.12. The number of aryl methyl sites for hydroxylation is 1. The highest BCUT2D eigenvalue weighted by Crippen LogP contribution is 2.36. The first-order valence-corrected chi connectivity index (χ1v) is 9.47. The lowest BCUT2D eigenvalue weighted by Crippen LogP contribution is -2.12. The normalized spacial score (nSPS) is 10.8. The van der Waals surface area contributed by atoms with E-state index >= 15 is 0 Å². The number of hydrogen-bond acceptors (Lipinski definition) is 4. The van der Waals surface area contributed by atoms with Gasteiger partial charge in [-0.2, -0.15) is 0 Å². The summed E-state index contributed by atoms with van der Waals surface area (Å²) in [7, 11) is 0. The molecular weight excluding hydrogens is 509 g/mol. The van der Waals surface area contributed by atoms with Gasteiger partial charge in [-0.15, -0.1) is 0 Å². The number of aromatic nitrogens is 2. The molecule has 0 unspecified atom stereocenters. The first kappa shape index (κ1) is 20.0. The molecule has 0 aromatic carbocycles. The van der Waals surface area contributed by atoms with Crippen molar-refractivity contribution in [2.45, 2.75) is 26.2 Å². The van der Waals surface area contributed by atoms with E-state index in [1.54, 1.807) is 6.07 Å². The van der Waals surface area contributed by atoms with Crippen LogP contribution in [0.15, 0.2) is 12.3 Å². The molecule has 24 heavy (non-hydrogen) atoms. The molecule has 0 fully saturated rings. The average Bonchev–Trinajstić information content (AvgIpc) is 2.54. The summed E-state index contributed by atoms with van der Waals surface area (Å²) in [4.78, 5) is 20.3. The summed E-state index contributed by atoms with van der Waals surface area (Å²) in [5.41, 5.74) is 1.12. The summed E-state index contributed by atoms with van der Waals surface area (Å²) >= 11 is 26.2. The largest absolute Gasteiger partial charge is 0.423 e. The lowest BCUT2D eigenvalue weighted by atomic mass is 10.1. The van der Waals surface area contributed by atoms with Gasteiger partial charge in [0.05, 0.1) is 15.7 Å². The van der Waals surface area contributed by atoms with E-state index in [9.17, 15) is 4.79 Å². The highest BCUT2D eigenvalue weighted by molar-refractivity contribution is 14.1. The fourth-order valence-corrected chi connectivity index (χ4v) is 3.33. The van der Waals surface area contributed by atoms with Crippen LogP contribution in [0.2, 0.25) is 20.4 Å². The molecule has 0 bridgehead atoms. The van der Waals surface area contributed by atoms with Crippen LogP contribution in [0.3, 0.4) is 0 Å². The minimum atomic E-state index is -0.470. The Morgan fingerprint density at radius 2 is 1.96 bits per heavy atom. The van der Waals surface area contributed by atoms with Gasteiger partial charge in [-0.25, -0.2) is 9.97 Å². The molecule has 2 aromatic heterocycles. The van der Waals surface area contributed by atoms with E-state index in [4.69, 9.17) is 51.1 Å². The van der Waals surface area contributed by atoms with Gasteiger partial charge in [0.2, 0.25) is 0 Å². The number of halogens is 5. The Bertz CT molecular complexity index is 766. The number of rotatable bonds is 5. The molecule has 2 heterocycles. The zero-order chi connectivity index (χ0) is 17.9. The van der Waals surface area contributed by atoms with Crippen LogP contribution in [0.1, 0.15) is 24.6 Å². The van der Waals surface area contributed by atoms with Crippen molar-refractivity contribution >= 4 is 75.0 Å². The van der Waals surface area contributed by atoms with Gasteiger partial charge in [0.15, 0.2) is 5.75 Å². The van der Waals surface area contributed by atoms with Gasteiger partial charge >= 0.3 is 5.97 Å². The van der Waals surface area contributed by atoms with Gasteiger partial charge in [0.25, 0.3) is 0 Å². The Labute approximate surface area is 173 Å². The predicted molar refractivity (Wildman–Crippen MR) is 105 cm³/mol. The molecule has 128 valence electrons. The van der Waals surface area contributed by atoms with E-state index in [0.717, 1.165) is 0 Å². The number of pyridine rings is 2. The number of ether oxygens (including phenoxy) is 1. The van der Waals surface area contributed by atoms with Crippen molar-refractivity contribution in [3.8, 4) is 5.75 Å². The zero-order valence-electron chi connectivity index (χ0n) is 12.4. The highest BCUT2D eigenvalue weighted by Gasteiger charge is 2.19. The number of nitrogens with zero attached hydrogens (tertiary/aromatic N) is 2. The van der Waals surface area contributed by atoms with E-state index < -0.39 is 5.97 Å². The fourth-order valence-electron chi connectivity index (χ4n) is 1.94. The maximum absolute atomic E-state index is 12.2. The van der Waals surface area contributed by atoms with Gasteiger partial charge in [0, 0.05) is 16.8 Å². The fraction of sp³-hybridized carbons (Fsp3) is 0.267. The summed E-state index contributed by atoms with van der Waals surface area (Å²) < 4.78 is 5.94. The van der Waals surface area contributed by atoms with Crippen LogP contribution in [-0.2, 0) is 17.6 Å². The summed E-state index contributed by atoms with van der Waals surface area (Å²) in [6.07, 6.45) is 2.41. The molecule has 9 heteroatoms. The quantitative estimate of drug-likeness (QED) is 0.285. The molecule has 0 amide bonds. The zero-order valence-corrected chi connectivity index (χ0v) is 17.6. The third-order valence-corrected chi connectivity index (χ3v) is 6.15. The molecule has 0 atom stereocenters. The van der Waals surface area contributed by atoms with Crippen molar-refractivity contribution in [3.05, 3.63) is 47.4 Å². The maximum atomic E-state index is 12.2. The van der Waals surface area contributed by atoms with Gasteiger partial charge in [-0.05, 0) is 41.5 Å². The van der Waals surface area contributed by atoms with E-state index in [2.05, 4.69) is 9.97 Å². The molecule has 0 saturated carbocycles. The average molecular weight is 520 g/mol. The number of esters is 1. The minimum absolute atomic E-state index is 0.0732. The molecule has 0 aliphatic heterocycles. The summed E-state index contributed by atoms with van der Waals surface area (Å²) in [5, 5.41) is 1.28. The Balaban J connectivity index is 2.15. The van der Waals surface area contributed by atoms with Crippen molar-refractivity contribution in [1.29, 1.82) is 0 Å². The number of carbonyl (C=O) groups excluding carboxylic acids is 1. The number of carbonyl (C=O) groups is 1. The molecule has 0 N–H and O–H groups in total. The smallest absolute Gasteiger partial charge is 0.311 e. The van der Waals surface area contributed by atoms with E-state index in [-0.39, 0.29) is 27.5 Å². The van der Waals surface area contributed by atoms with Crippen LogP contribution in [-0.4, -0.2) is 15.9 Å². The summed E-state index contributed by atoms with van der Waals surface area (Å²) in [5.74, 6) is -0.233. The van der Waals surface area contributed by atoms with Gasteiger partial charge in [-0.3, -0.25) is 4.79 Å². The third-order valence-electron chi connectivity index (χ3n) is 3.14. The second-order valence-electron chi connectivity index (χ2n) is 4.70. The van der Waals surface area contributed by atoms with Gasteiger partial charge in [-0.1, -0.05) is 53.3 Å². The van der Waals surface area contributed by atoms with Crippen LogP contribution in [0.25, 0.3) is 0 Å². The molecule has 0 spiro atoms. The van der Waals surface area contributed by atoms with Crippen molar-refractivity contribution in [1.82, 2.24) is 9.97 Å². The van der Waals surface area contributed by atoms with Crippen LogP contribution < -0.4 is 4.74 Å². The summed E-state index contributed by atoms with van der Waals surface area (Å²) in [6, 6.07) is 1.62. The van der Waals surface area contributed by atoms with Crippen LogP contribution in [0.5, 0.6) is 5.75 Å². The molecule has 0 aliphatic rings. The molecule has 4 nitrogen and oxygen atoms in total. The Kier molecular flexibility index (Phi) is 7.37. The minimum Gasteiger partial charge on any atom is -0.423 e. The monoisotopic (exact) mass is 518 g/mol. The highest BCUT2D eigenvalue weighted by atomic mass is 127. The second-order valence-corrected chi connectivity index (χ2v) is 7.28. The van der Waals surface area contributed by atoms with Gasteiger partial charge < -0.3 is 4.74 Å². The maximum Gasteiger partial charge on any atom is 0.311 e. The van der Waals surface area contributed by atoms with E-state index in [0.29, 0.717) is 32.7 Å². The molecule has 2 rings (SSSR count). The van der Waals surface area contributed by atoms with Crippen molar-refractivity contribution in [2.24, 2.45) is 0 Å². The van der Waals surface area contributed by atoms with Crippen molar-refractivity contribution < 1.29 is 9.53 Å². The van der Waals surface area contributed by atoms with Gasteiger partial charge in [0.1, 0.15) is 15.3 Å². The molecule has 0 saturated heterocycles. The Hall–Kier alpha value is -0.340. The topological polar surface area (TPSA) is 52.1 Å². The Morgan fingerprint density at radius 1 is 1.25 bits per heavy atom. The van der Waals surface area contributed by atoms with Crippen LogP contribution >= 0.6 is 69.0 Å². The van der Waals surface area contributed by atoms with E-state index in [1.165, 1.54) is 6.20 Å². The second kappa shape index (κ2) is 8.85. The summed E-state index contributed by atoms with van der Waals surface area (Å²) in [6.45, 7) is 1.87. The predicted octanol–water partition coefficient (Wildman–Crippen LogP) is 5.80. The lowest BCUT2D eigenvalue weighted by molar-refractivity contribution is -0.134. The standard InChI is InChI=1S/C15H11Cl4IN2O2/c1-2-9-13(11(17)12(20)15(19)22-9)24-10(23)4-3-7-8(16)5-6-21-14(7)18/h5-6H,2-4H2,1H3. The molecule has 2 aromatic rings. The molecule has 0 radical (unpaired) electrons.